The molecule has 0 amide bonds. The summed E-state index contributed by atoms with van der Waals surface area (Å²) in [6.07, 6.45) is 7.37. The summed E-state index contributed by atoms with van der Waals surface area (Å²) in [6, 6.07) is 7.68. The lowest BCUT2D eigenvalue weighted by Crippen LogP contribution is -2.29. The van der Waals surface area contributed by atoms with E-state index in [2.05, 4.69) is 48.7 Å². The number of hydrogen-bond acceptors (Lipinski definition) is 1. The minimum Gasteiger partial charge on any atom is -0.361 e. The average molecular weight is 242 g/mol. The molecule has 2 N–H and O–H groups in total. The molecule has 0 saturated heterocycles. The number of aryl methyl sites for hydroxylation is 1. The van der Waals surface area contributed by atoms with E-state index in [1.807, 2.05) is 0 Å². The van der Waals surface area contributed by atoms with E-state index < -0.39 is 0 Å². The number of aromatic amines is 1. The van der Waals surface area contributed by atoms with E-state index in [-0.39, 0.29) is 0 Å². The quantitative estimate of drug-likeness (QED) is 0.825. The summed E-state index contributed by atoms with van der Waals surface area (Å²) in [5.74, 6) is 0.758. The number of hydrogen-bond donors (Lipinski definition) is 2. The normalized spacial score (nSPS) is 24.6. The topological polar surface area (TPSA) is 27.8 Å². The number of fused-ring (bicyclic) bond motifs is 1. The van der Waals surface area contributed by atoms with Crippen LogP contribution in [0.3, 0.4) is 0 Å². The van der Waals surface area contributed by atoms with Gasteiger partial charge in [0, 0.05) is 23.1 Å². The molecule has 1 aromatic heterocycles. The Morgan fingerprint density at radius 1 is 1.17 bits per heavy atom. The monoisotopic (exact) mass is 242 g/mol. The molecule has 0 aliphatic heterocycles. The first-order valence-electron chi connectivity index (χ1n) is 7.03. The number of aromatic nitrogens is 1. The van der Waals surface area contributed by atoms with Gasteiger partial charge in [-0.1, -0.05) is 6.07 Å². The summed E-state index contributed by atoms with van der Waals surface area (Å²) in [5, 5.41) is 4.80. The summed E-state index contributed by atoms with van der Waals surface area (Å²) in [5.41, 5.74) is 4.15. The van der Waals surface area contributed by atoms with Gasteiger partial charge in [0.25, 0.3) is 0 Å². The zero-order valence-corrected chi connectivity index (χ0v) is 11.3. The Kier molecular flexibility index (Phi) is 3.13. The molecule has 2 nitrogen and oxygen atoms in total. The number of rotatable bonds is 2. The van der Waals surface area contributed by atoms with Crippen LogP contribution >= 0.6 is 0 Å². The van der Waals surface area contributed by atoms with Gasteiger partial charge in [0.05, 0.1) is 0 Å². The first kappa shape index (κ1) is 11.8. The van der Waals surface area contributed by atoms with Gasteiger partial charge in [-0.25, -0.2) is 0 Å². The van der Waals surface area contributed by atoms with Crippen molar-refractivity contribution in [1.29, 1.82) is 0 Å². The fourth-order valence-corrected chi connectivity index (χ4v) is 3.25. The van der Waals surface area contributed by atoms with Crippen molar-refractivity contribution in [2.24, 2.45) is 0 Å². The van der Waals surface area contributed by atoms with E-state index in [1.54, 1.807) is 0 Å². The molecule has 1 aliphatic rings. The van der Waals surface area contributed by atoms with Gasteiger partial charge in [-0.2, -0.15) is 0 Å². The van der Waals surface area contributed by atoms with Gasteiger partial charge in [-0.15, -0.1) is 0 Å². The van der Waals surface area contributed by atoms with Crippen molar-refractivity contribution < 1.29 is 0 Å². The van der Waals surface area contributed by atoms with Crippen LogP contribution in [0.25, 0.3) is 10.9 Å². The molecule has 1 fully saturated rings. The first-order valence-corrected chi connectivity index (χ1v) is 7.03. The van der Waals surface area contributed by atoms with Crippen LogP contribution in [0.15, 0.2) is 24.4 Å². The summed E-state index contributed by atoms with van der Waals surface area (Å²) in [4.78, 5) is 3.32. The van der Waals surface area contributed by atoms with E-state index in [1.165, 1.54) is 47.7 Å². The molecule has 1 aromatic carbocycles. The highest BCUT2D eigenvalue weighted by molar-refractivity contribution is 5.83. The van der Waals surface area contributed by atoms with Crippen molar-refractivity contribution in [2.45, 2.75) is 44.6 Å². The molecule has 3 rings (SSSR count). The Balaban J connectivity index is 1.84. The minimum atomic E-state index is 0.735. The summed E-state index contributed by atoms with van der Waals surface area (Å²) >= 11 is 0. The van der Waals surface area contributed by atoms with Crippen LogP contribution in [0, 0.1) is 6.92 Å². The third kappa shape index (κ3) is 2.05. The van der Waals surface area contributed by atoms with Crippen LogP contribution < -0.4 is 5.32 Å². The third-order valence-electron chi connectivity index (χ3n) is 4.52. The van der Waals surface area contributed by atoms with Gasteiger partial charge in [-0.3, -0.25) is 0 Å². The number of nitrogens with one attached hydrogen (secondary N) is 2. The van der Waals surface area contributed by atoms with Crippen molar-refractivity contribution in [1.82, 2.24) is 10.3 Å². The van der Waals surface area contributed by atoms with Crippen LogP contribution in [-0.4, -0.2) is 18.1 Å². The van der Waals surface area contributed by atoms with Gasteiger partial charge < -0.3 is 10.3 Å². The van der Waals surface area contributed by atoms with Crippen LogP contribution in [-0.2, 0) is 0 Å². The van der Waals surface area contributed by atoms with Gasteiger partial charge in [0.2, 0.25) is 0 Å². The van der Waals surface area contributed by atoms with E-state index in [0.29, 0.717) is 0 Å². The SMILES string of the molecule is CNC1CCC(c2ccc3[nH]cc(C)c3c2)CC1. The summed E-state index contributed by atoms with van der Waals surface area (Å²) in [6.45, 7) is 2.18. The molecular weight excluding hydrogens is 220 g/mol. The molecule has 96 valence electrons. The summed E-state index contributed by atoms with van der Waals surface area (Å²) in [7, 11) is 2.08. The lowest BCUT2D eigenvalue weighted by Gasteiger charge is -2.28. The van der Waals surface area contributed by atoms with Crippen LogP contribution in [0.2, 0.25) is 0 Å². The first-order chi connectivity index (χ1) is 8.78. The van der Waals surface area contributed by atoms with Gasteiger partial charge in [0.15, 0.2) is 0 Å². The second-order valence-electron chi connectivity index (χ2n) is 5.61. The van der Waals surface area contributed by atoms with Crippen LogP contribution in [0.5, 0.6) is 0 Å². The molecule has 0 atom stereocenters. The van der Waals surface area contributed by atoms with Crippen LogP contribution in [0.4, 0.5) is 0 Å². The molecule has 1 heterocycles. The molecule has 0 unspecified atom stereocenters. The molecule has 0 radical (unpaired) electrons. The van der Waals surface area contributed by atoms with Gasteiger partial charge in [-0.05, 0) is 68.8 Å². The molecule has 18 heavy (non-hydrogen) atoms. The maximum absolute atomic E-state index is 3.41. The highest BCUT2D eigenvalue weighted by Crippen LogP contribution is 2.34. The van der Waals surface area contributed by atoms with Gasteiger partial charge in [0.1, 0.15) is 0 Å². The van der Waals surface area contributed by atoms with Crippen molar-refractivity contribution in [2.75, 3.05) is 7.05 Å². The van der Waals surface area contributed by atoms with Crippen molar-refractivity contribution in [3.63, 3.8) is 0 Å². The Morgan fingerprint density at radius 2 is 1.94 bits per heavy atom. The standard InChI is InChI=1S/C16H22N2/c1-11-10-18-16-8-5-13(9-15(11)16)12-3-6-14(17-2)7-4-12/h5,8-10,12,14,17-18H,3-4,6-7H2,1-2H3. The predicted octanol–water partition coefficient (Wildman–Crippen LogP) is 3.72. The zero-order valence-electron chi connectivity index (χ0n) is 11.3. The van der Waals surface area contributed by atoms with Gasteiger partial charge >= 0.3 is 0 Å². The molecule has 2 heteroatoms. The summed E-state index contributed by atoms with van der Waals surface area (Å²) < 4.78 is 0. The van der Waals surface area contributed by atoms with E-state index in [9.17, 15) is 0 Å². The maximum atomic E-state index is 3.41. The van der Waals surface area contributed by atoms with Crippen LogP contribution in [0.1, 0.15) is 42.7 Å². The number of benzene rings is 1. The molecule has 1 saturated carbocycles. The maximum Gasteiger partial charge on any atom is 0.0456 e. The fraction of sp³-hybridized carbons (Fsp3) is 0.500. The second-order valence-corrected chi connectivity index (χ2v) is 5.61. The molecular formula is C16H22N2. The Morgan fingerprint density at radius 3 is 2.67 bits per heavy atom. The van der Waals surface area contributed by atoms with E-state index in [0.717, 1.165) is 12.0 Å². The Labute approximate surface area is 109 Å². The Hall–Kier alpha value is -1.28. The highest BCUT2D eigenvalue weighted by atomic mass is 14.9. The fourth-order valence-electron chi connectivity index (χ4n) is 3.25. The Bertz CT molecular complexity index is 533. The lowest BCUT2D eigenvalue weighted by atomic mass is 9.81. The molecule has 0 bridgehead atoms. The second kappa shape index (κ2) is 4.77. The van der Waals surface area contributed by atoms with Crippen molar-refractivity contribution in [3.8, 4) is 0 Å². The van der Waals surface area contributed by atoms with Crippen molar-refractivity contribution >= 4 is 10.9 Å². The zero-order chi connectivity index (χ0) is 12.5. The van der Waals surface area contributed by atoms with Crippen molar-refractivity contribution in [3.05, 3.63) is 35.5 Å². The lowest BCUT2D eigenvalue weighted by molar-refractivity contribution is 0.359. The largest absolute Gasteiger partial charge is 0.361 e. The highest BCUT2D eigenvalue weighted by Gasteiger charge is 2.21. The van der Waals surface area contributed by atoms with E-state index >= 15 is 0 Å². The smallest absolute Gasteiger partial charge is 0.0456 e. The molecule has 1 aliphatic carbocycles. The molecule has 0 spiro atoms. The predicted molar refractivity (Wildman–Crippen MR) is 77.1 cm³/mol. The number of H-pyrrole nitrogens is 1. The minimum absolute atomic E-state index is 0.735. The molecule has 2 aromatic rings. The third-order valence-corrected chi connectivity index (χ3v) is 4.52. The van der Waals surface area contributed by atoms with E-state index in [4.69, 9.17) is 0 Å². The average Bonchev–Trinajstić information content (AvgIpc) is 2.80.